The van der Waals surface area contributed by atoms with Gasteiger partial charge in [0.1, 0.15) is 4.75 Å². The molecule has 1 spiro atoms. The predicted molar refractivity (Wildman–Crippen MR) is 117 cm³/mol. The van der Waals surface area contributed by atoms with Gasteiger partial charge in [-0.2, -0.15) is 0 Å². The molecule has 0 aromatic carbocycles. The van der Waals surface area contributed by atoms with Gasteiger partial charge in [0.05, 0.1) is 23.0 Å². The first kappa shape index (κ1) is 21.9. The molecule has 0 N–H and O–H groups in total. The van der Waals surface area contributed by atoms with Crippen molar-refractivity contribution in [2.75, 3.05) is 0 Å². The summed E-state index contributed by atoms with van der Waals surface area (Å²) in [7, 11) is -6.24. The maximum Gasteiger partial charge on any atom is 0.335 e. The second-order valence-electron chi connectivity index (χ2n) is 9.78. The Morgan fingerprint density at radius 1 is 0.926 bits per heavy atom. The van der Waals surface area contributed by atoms with Gasteiger partial charge < -0.3 is 13.0 Å². The largest absolute Gasteiger partial charge is 0.414 e. The summed E-state index contributed by atoms with van der Waals surface area (Å²) < 4.78 is 34.2. The van der Waals surface area contributed by atoms with Gasteiger partial charge in [0.15, 0.2) is 0 Å². The lowest BCUT2D eigenvalue weighted by atomic mass is 9.98. The Morgan fingerprint density at radius 3 is 1.96 bits per heavy atom. The molecule has 156 valence electrons. The molecule has 0 radical (unpaired) electrons. The van der Waals surface area contributed by atoms with Crippen LogP contribution in [0.2, 0.25) is 22.2 Å². The van der Waals surface area contributed by atoms with Gasteiger partial charge in [0.25, 0.3) is 0 Å². The Hall–Kier alpha value is 0.204. The summed E-state index contributed by atoms with van der Waals surface area (Å²) in [6.07, 6.45) is 4.81. The van der Waals surface area contributed by atoms with Crippen molar-refractivity contribution in [1.29, 1.82) is 0 Å². The van der Waals surface area contributed by atoms with Gasteiger partial charge in [-0.05, 0) is 47.5 Å². The van der Waals surface area contributed by atoms with E-state index in [4.69, 9.17) is 13.0 Å². The second kappa shape index (κ2) is 7.47. The van der Waals surface area contributed by atoms with Gasteiger partial charge in [0, 0.05) is 5.41 Å². The Bertz CT molecular complexity index is 603. The van der Waals surface area contributed by atoms with E-state index in [0.717, 1.165) is 19.3 Å². The molecular weight excluding hydrogens is 392 g/mol. The molecule has 2 fully saturated rings. The molecule has 2 heterocycles. The van der Waals surface area contributed by atoms with E-state index in [1.165, 1.54) is 0 Å². The molecule has 1 saturated carbocycles. The van der Waals surface area contributed by atoms with E-state index >= 15 is 0 Å². The van der Waals surface area contributed by atoms with Crippen molar-refractivity contribution in [2.45, 2.75) is 114 Å². The third-order valence-corrected chi connectivity index (χ3v) is 19.1. The summed E-state index contributed by atoms with van der Waals surface area (Å²) in [6, 6.07) is 0. The Morgan fingerprint density at radius 2 is 1.44 bits per heavy atom. The van der Waals surface area contributed by atoms with E-state index in [1.807, 2.05) is 11.5 Å². The molecule has 3 aliphatic rings. The topological polar surface area (TPSA) is 44.8 Å². The molecule has 0 aromatic heterocycles. The fraction of sp³-hybridized carbons (Fsp3) is 0.900. The summed E-state index contributed by atoms with van der Waals surface area (Å²) in [5, 5.41) is 1.87. The highest BCUT2D eigenvalue weighted by molar-refractivity contribution is 7.89. The zero-order chi connectivity index (χ0) is 20.2. The fourth-order valence-corrected chi connectivity index (χ4v) is 18.6. The van der Waals surface area contributed by atoms with Crippen LogP contribution in [0.5, 0.6) is 0 Å². The molecule has 1 saturated heterocycles. The Kier molecular flexibility index (Phi) is 6.06. The maximum absolute atomic E-state index is 13.2. The molecule has 3 rings (SSSR count). The lowest BCUT2D eigenvalue weighted by Gasteiger charge is -2.54. The van der Waals surface area contributed by atoms with Crippen LogP contribution in [-0.2, 0) is 23.8 Å². The molecule has 4 atom stereocenters. The SMILES string of the molecule is CC(C)[Si]1(C(C)C)O[C@H]2C=CS(=O)C23CCC[C@@H]3O[Si](C(C)C)(C(C)C)O1. The van der Waals surface area contributed by atoms with Crippen molar-refractivity contribution in [1.82, 2.24) is 0 Å². The number of rotatable bonds is 4. The predicted octanol–water partition coefficient (Wildman–Crippen LogP) is 5.51. The van der Waals surface area contributed by atoms with Crippen molar-refractivity contribution < 1.29 is 17.2 Å². The standard InChI is InChI=1S/C20H38O4SSi2/c1-14(2)26(15(3)4)22-18-10-9-12-20(18)19(11-13-25(20)21)23-27(24-26,16(5)6)17(7)8/h11,13-19H,9-10,12H2,1-8H3/t18-,19-,20?,25?/m0/s1. The van der Waals surface area contributed by atoms with Crippen LogP contribution in [0.1, 0.15) is 74.7 Å². The van der Waals surface area contributed by atoms with Crippen LogP contribution in [0, 0.1) is 0 Å². The average molecular weight is 431 g/mol. The lowest BCUT2D eigenvalue weighted by molar-refractivity contribution is 0.0257. The normalized spacial score (nSPS) is 37.7. The van der Waals surface area contributed by atoms with Crippen molar-refractivity contribution in [2.24, 2.45) is 0 Å². The molecule has 1 aliphatic carbocycles. The van der Waals surface area contributed by atoms with Gasteiger partial charge in [-0.15, -0.1) is 0 Å². The summed E-state index contributed by atoms with van der Waals surface area (Å²) in [6.45, 7) is 17.9. The van der Waals surface area contributed by atoms with Crippen LogP contribution in [0.4, 0.5) is 0 Å². The van der Waals surface area contributed by atoms with Crippen molar-refractivity contribution >= 4 is 27.9 Å². The summed E-state index contributed by atoms with van der Waals surface area (Å²) in [4.78, 5) is 0. The summed E-state index contributed by atoms with van der Waals surface area (Å²) in [5.41, 5.74) is 1.26. The summed E-state index contributed by atoms with van der Waals surface area (Å²) in [5.74, 6) is 0. The van der Waals surface area contributed by atoms with Gasteiger partial charge in [-0.25, -0.2) is 0 Å². The van der Waals surface area contributed by atoms with Gasteiger partial charge in [-0.1, -0.05) is 55.4 Å². The lowest BCUT2D eigenvalue weighted by Crippen LogP contribution is -2.69. The van der Waals surface area contributed by atoms with Crippen LogP contribution >= 0.6 is 0 Å². The number of hydrogen-bond donors (Lipinski definition) is 0. The molecule has 27 heavy (non-hydrogen) atoms. The highest BCUT2D eigenvalue weighted by Crippen LogP contribution is 2.54. The van der Waals surface area contributed by atoms with Crippen molar-refractivity contribution in [3.63, 3.8) is 0 Å². The first-order chi connectivity index (χ1) is 12.5. The Labute approximate surface area is 170 Å². The minimum absolute atomic E-state index is 0.0267. The molecule has 0 amide bonds. The molecule has 7 heteroatoms. The van der Waals surface area contributed by atoms with Gasteiger partial charge >= 0.3 is 17.1 Å². The van der Waals surface area contributed by atoms with E-state index in [0.29, 0.717) is 22.2 Å². The second-order valence-corrected chi connectivity index (χ2v) is 20.2. The number of hydrogen-bond acceptors (Lipinski definition) is 4. The van der Waals surface area contributed by atoms with Gasteiger partial charge in [-0.3, -0.25) is 4.21 Å². The van der Waals surface area contributed by atoms with Crippen molar-refractivity contribution in [3.05, 3.63) is 11.5 Å². The smallest absolute Gasteiger partial charge is 0.335 e. The average Bonchev–Trinajstić information content (AvgIpc) is 3.09. The van der Waals surface area contributed by atoms with Crippen LogP contribution in [0.3, 0.4) is 0 Å². The highest BCUT2D eigenvalue weighted by Gasteiger charge is 2.66. The molecule has 0 aromatic rings. The third kappa shape index (κ3) is 3.11. The van der Waals surface area contributed by atoms with E-state index in [2.05, 4.69) is 55.4 Å². The van der Waals surface area contributed by atoms with Crippen LogP contribution < -0.4 is 0 Å². The first-order valence-corrected chi connectivity index (χ1v) is 15.8. The molecule has 2 unspecified atom stereocenters. The van der Waals surface area contributed by atoms with Crippen LogP contribution in [-0.4, -0.2) is 38.3 Å². The Balaban J connectivity index is 2.20. The summed E-state index contributed by atoms with van der Waals surface area (Å²) >= 11 is 0. The zero-order valence-corrected chi connectivity index (χ0v) is 21.1. The monoisotopic (exact) mass is 430 g/mol. The van der Waals surface area contributed by atoms with Crippen LogP contribution in [0.25, 0.3) is 0 Å². The van der Waals surface area contributed by atoms with Crippen LogP contribution in [0.15, 0.2) is 11.5 Å². The zero-order valence-electron chi connectivity index (χ0n) is 18.3. The van der Waals surface area contributed by atoms with E-state index in [9.17, 15) is 4.21 Å². The quantitative estimate of drug-likeness (QED) is 0.552. The fourth-order valence-electron chi connectivity index (χ4n) is 5.44. The molecule has 4 nitrogen and oxygen atoms in total. The highest BCUT2D eigenvalue weighted by atomic mass is 32.2. The molecule has 0 bridgehead atoms. The van der Waals surface area contributed by atoms with E-state index < -0.39 is 32.7 Å². The minimum atomic E-state index is -2.61. The molecule has 2 aliphatic heterocycles. The maximum atomic E-state index is 13.2. The molecular formula is C20H38O4SSi2. The van der Waals surface area contributed by atoms with Gasteiger partial charge in [0.2, 0.25) is 0 Å². The van der Waals surface area contributed by atoms with E-state index in [1.54, 1.807) is 0 Å². The van der Waals surface area contributed by atoms with E-state index in [-0.39, 0.29) is 12.2 Å². The minimum Gasteiger partial charge on any atom is -0.414 e. The first-order valence-electron chi connectivity index (χ1n) is 10.7. The van der Waals surface area contributed by atoms with Crippen molar-refractivity contribution in [3.8, 4) is 0 Å². The third-order valence-electron chi connectivity index (χ3n) is 6.99.